The average Bonchev–Trinajstić information content (AvgIpc) is 2.80. The van der Waals surface area contributed by atoms with Gasteiger partial charge in [0.25, 0.3) is 0 Å². The first-order valence-electron chi connectivity index (χ1n) is 6.49. The molecule has 0 amide bonds. The maximum Gasteiger partial charge on any atom is 0.0981 e. The summed E-state index contributed by atoms with van der Waals surface area (Å²) < 4.78 is 0. The van der Waals surface area contributed by atoms with E-state index in [0.29, 0.717) is 5.41 Å². The molecule has 0 aromatic heterocycles. The lowest BCUT2D eigenvalue weighted by atomic mass is 9.65. The Morgan fingerprint density at radius 2 is 1.88 bits per heavy atom. The SMILES string of the molecule is c1ccc2c(c1)N[C@]13CCCC[C@]21CCN3. The van der Waals surface area contributed by atoms with Crippen LogP contribution in [0.1, 0.15) is 37.7 Å². The number of nitrogens with one attached hydrogen (secondary N) is 2. The van der Waals surface area contributed by atoms with E-state index in [1.165, 1.54) is 44.3 Å². The molecule has 1 saturated carbocycles. The van der Waals surface area contributed by atoms with E-state index < -0.39 is 0 Å². The molecule has 2 nitrogen and oxygen atoms in total. The highest BCUT2D eigenvalue weighted by atomic mass is 15.3. The minimum atomic E-state index is 0.189. The molecular weight excluding hydrogens is 196 g/mol. The van der Waals surface area contributed by atoms with Crippen LogP contribution in [0.4, 0.5) is 5.69 Å². The van der Waals surface area contributed by atoms with Crippen LogP contribution < -0.4 is 10.6 Å². The molecule has 0 spiro atoms. The van der Waals surface area contributed by atoms with Crippen molar-refractivity contribution in [3.63, 3.8) is 0 Å². The fourth-order valence-electron chi connectivity index (χ4n) is 4.32. The summed E-state index contributed by atoms with van der Waals surface area (Å²) in [6.45, 7) is 1.17. The van der Waals surface area contributed by atoms with Crippen LogP contribution in [0.15, 0.2) is 24.3 Å². The van der Waals surface area contributed by atoms with Gasteiger partial charge in [0.15, 0.2) is 0 Å². The van der Waals surface area contributed by atoms with Crippen LogP contribution >= 0.6 is 0 Å². The molecule has 1 saturated heterocycles. The van der Waals surface area contributed by atoms with E-state index >= 15 is 0 Å². The van der Waals surface area contributed by atoms with Crippen LogP contribution in [0, 0.1) is 0 Å². The summed E-state index contributed by atoms with van der Waals surface area (Å²) in [5, 5.41) is 7.55. The van der Waals surface area contributed by atoms with Gasteiger partial charge in [-0.15, -0.1) is 0 Å². The molecule has 2 heterocycles. The molecule has 84 valence electrons. The number of benzene rings is 1. The summed E-state index contributed by atoms with van der Waals surface area (Å²) in [5.74, 6) is 0. The first-order valence-corrected chi connectivity index (χ1v) is 6.49. The lowest BCUT2D eigenvalue weighted by Gasteiger charge is -2.44. The van der Waals surface area contributed by atoms with Crippen LogP contribution in [0.25, 0.3) is 0 Å². The van der Waals surface area contributed by atoms with E-state index in [1.807, 2.05) is 0 Å². The highest BCUT2D eigenvalue weighted by Gasteiger charge is 2.60. The van der Waals surface area contributed by atoms with Crippen molar-refractivity contribution in [3.8, 4) is 0 Å². The van der Waals surface area contributed by atoms with Crippen LogP contribution in [-0.4, -0.2) is 12.2 Å². The van der Waals surface area contributed by atoms with Gasteiger partial charge in [0, 0.05) is 11.1 Å². The van der Waals surface area contributed by atoms with Crippen LogP contribution in [0.3, 0.4) is 0 Å². The Morgan fingerprint density at radius 1 is 1.00 bits per heavy atom. The third-order valence-corrected chi connectivity index (χ3v) is 4.99. The van der Waals surface area contributed by atoms with Crippen molar-refractivity contribution in [2.24, 2.45) is 0 Å². The maximum atomic E-state index is 3.79. The fraction of sp³-hybridized carbons (Fsp3) is 0.571. The number of fused-ring (bicyclic) bond motifs is 1. The standard InChI is InChI=1S/C14H18N2/c1-2-6-12-11(5-1)13-7-3-4-8-14(13,16-12)15-10-9-13/h1-2,5-6,15-16H,3-4,7-10H2/t13-,14+/m0/s1. The summed E-state index contributed by atoms with van der Waals surface area (Å²) in [4.78, 5) is 0. The maximum absolute atomic E-state index is 3.79. The van der Waals surface area contributed by atoms with E-state index in [2.05, 4.69) is 34.9 Å². The second-order valence-electron chi connectivity index (χ2n) is 5.54. The number of anilines is 1. The molecular formula is C14H18N2. The van der Waals surface area contributed by atoms with Gasteiger partial charge in [-0.25, -0.2) is 0 Å². The van der Waals surface area contributed by atoms with Gasteiger partial charge in [0.1, 0.15) is 0 Å². The third-order valence-electron chi connectivity index (χ3n) is 4.99. The zero-order valence-corrected chi connectivity index (χ0v) is 9.55. The molecule has 1 aromatic carbocycles. The molecule has 2 heteroatoms. The Hall–Kier alpha value is -1.02. The molecule has 2 N–H and O–H groups in total. The Labute approximate surface area is 96.4 Å². The van der Waals surface area contributed by atoms with Crippen LogP contribution in [0.5, 0.6) is 0 Å². The molecule has 4 rings (SSSR count). The van der Waals surface area contributed by atoms with Gasteiger partial charge >= 0.3 is 0 Å². The topological polar surface area (TPSA) is 24.1 Å². The van der Waals surface area contributed by atoms with Gasteiger partial charge in [-0.1, -0.05) is 24.6 Å². The summed E-state index contributed by atoms with van der Waals surface area (Å²) in [7, 11) is 0. The van der Waals surface area contributed by atoms with E-state index in [-0.39, 0.29) is 5.66 Å². The first-order chi connectivity index (χ1) is 7.86. The molecule has 16 heavy (non-hydrogen) atoms. The largest absolute Gasteiger partial charge is 0.366 e. The molecule has 0 radical (unpaired) electrons. The fourth-order valence-corrected chi connectivity index (χ4v) is 4.32. The second kappa shape index (κ2) is 2.80. The van der Waals surface area contributed by atoms with Gasteiger partial charge in [-0.05, 0) is 43.9 Å². The quantitative estimate of drug-likeness (QED) is 0.693. The van der Waals surface area contributed by atoms with Crippen molar-refractivity contribution >= 4 is 5.69 Å². The Kier molecular flexibility index (Phi) is 1.59. The summed E-state index contributed by atoms with van der Waals surface area (Å²) in [6, 6.07) is 8.91. The predicted octanol–water partition coefficient (Wildman–Crippen LogP) is 2.61. The van der Waals surface area contributed by atoms with E-state index in [0.717, 1.165) is 0 Å². The highest BCUT2D eigenvalue weighted by Crippen LogP contribution is 2.57. The Morgan fingerprint density at radius 3 is 2.88 bits per heavy atom. The van der Waals surface area contributed by atoms with E-state index in [4.69, 9.17) is 0 Å². The van der Waals surface area contributed by atoms with Gasteiger partial charge < -0.3 is 5.32 Å². The van der Waals surface area contributed by atoms with Crippen molar-refractivity contribution in [2.45, 2.75) is 43.2 Å². The zero-order chi connectivity index (χ0) is 10.6. The predicted molar refractivity (Wildman–Crippen MR) is 65.6 cm³/mol. The minimum Gasteiger partial charge on any atom is -0.366 e. The van der Waals surface area contributed by atoms with Gasteiger partial charge in [0.2, 0.25) is 0 Å². The minimum absolute atomic E-state index is 0.189. The van der Waals surface area contributed by atoms with Crippen molar-refractivity contribution in [1.29, 1.82) is 0 Å². The normalized spacial score (nSPS) is 39.8. The smallest absolute Gasteiger partial charge is 0.0981 e. The molecule has 0 unspecified atom stereocenters. The molecule has 2 fully saturated rings. The van der Waals surface area contributed by atoms with Crippen molar-refractivity contribution in [1.82, 2.24) is 5.32 Å². The summed E-state index contributed by atoms with van der Waals surface area (Å²) >= 11 is 0. The molecule has 3 aliphatic rings. The second-order valence-corrected chi connectivity index (χ2v) is 5.54. The van der Waals surface area contributed by atoms with Crippen LogP contribution in [-0.2, 0) is 5.41 Å². The lowest BCUT2D eigenvalue weighted by molar-refractivity contribution is 0.195. The molecule has 1 aromatic rings. The number of hydrogen-bond acceptors (Lipinski definition) is 2. The molecule has 1 aliphatic carbocycles. The summed E-state index contributed by atoms with van der Waals surface area (Å²) in [6.07, 6.45) is 6.68. The monoisotopic (exact) mass is 214 g/mol. The van der Waals surface area contributed by atoms with E-state index in [9.17, 15) is 0 Å². The van der Waals surface area contributed by atoms with Crippen molar-refractivity contribution in [2.75, 3.05) is 11.9 Å². The van der Waals surface area contributed by atoms with Gasteiger partial charge in [0.05, 0.1) is 5.66 Å². The molecule has 0 bridgehead atoms. The average molecular weight is 214 g/mol. The Balaban J connectivity index is 1.95. The Bertz CT molecular complexity index is 442. The van der Waals surface area contributed by atoms with E-state index in [1.54, 1.807) is 5.56 Å². The number of para-hydroxylation sites is 1. The third kappa shape index (κ3) is 0.844. The van der Waals surface area contributed by atoms with Gasteiger partial charge in [-0.2, -0.15) is 0 Å². The van der Waals surface area contributed by atoms with Gasteiger partial charge in [-0.3, -0.25) is 5.32 Å². The highest BCUT2D eigenvalue weighted by molar-refractivity contribution is 5.65. The molecule has 2 atom stereocenters. The van der Waals surface area contributed by atoms with Crippen molar-refractivity contribution in [3.05, 3.63) is 29.8 Å². The zero-order valence-electron chi connectivity index (χ0n) is 9.55. The first kappa shape index (κ1) is 9.06. The number of rotatable bonds is 0. The molecule has 2 aliphatic heterocycles. The van der Waals surface area contributed by atoms with Crippen LogP contribution in [0.2, 0.25) is 0 Å². The lowest BCUT2D eigenvalue weighted by Crippen LogP contribution is -2.57. The number of hydrogen-bond donors (Lipinski definition) is 2. The summed E-state index contributed by atoms with van der Waals surface area (Å²) in [5.41, 5.74) is 3.52. The van der Waals surface area contributed by atoms with Crippen molar-refractivity contribution < 1.29 is 0 Å².